The Morgan fingerprint density at radius 1 is 1.35 bits per heavy atom. The number of hydrogen-bond donors (Lipinski definition) is 3. The zero-order valence-corrected chi connectivity index (χ0v) is 11.7. The summed E-state index contributed by atoms with van der Waals surface area (Å²) >= 11 is 2.23. The first kappa shape index (κ1) is 16.5. The monoisotopic (exact) mass is 329 g/mol. The summed E-state index contributed by atoms with van der Waals surface area (Å²) in [6.45, 7) is -1.50. The van der Waals surface area contributed by atoms with E-state index in [4.69, 9.17) is 0 Å². The molecule has 0 bridgehead atoms. The molecule has 0 aliphatic rings. The molecule has 1 heterocycles. The molecule has 0 aliphatic heterocycles. The van der Waals surface area contributed by atoms with Crippen LogP contribution in [0.25, 0.3) is 0 Å². The summed E-state index contributed by atoms with van der Waals surface area (Å²) < 4.78 is 35.9. The maximum atomic E-state index is 11.8. The van der Waals surface area contributed by atoms with Gasteiger partial charge in [0.1, 0.15) is 6.54 Å². The molecule has 0 fully saturated rings. The van der Waals surface area contributed by atoms with Crippen molar-refractivity contribution in [2.75, 3.05) is 24.7 Å². The average Bonchev–Trinajstić information content (AvgIpc) is 2.81. The van der Waals surface area contributed by atoms with Crippen molar-refractivity contribution in [2.24, 2.45) is 0 Å². The lowest BCUT2D eigenvalue weighted by molar-refractivity contribution is -0.124. The summed E-state index contributed by atoms with van der Waals surface area (Å²) in [6.07, 6.45) is -4.52. The van der Waals surface area contributed by atoms with Gasteiger partial charge in [-0.3, -0.25) is 10.1 Å². The Morgan fingerprint density at radius 2 is 2.05 bits per heavy atom. The van der Waals surface area contributed by atoms with Gasteiger partial charge in [0.2, 0.25) is 11.0 Å². The van der Waals surface area contributed by atoms with Crippen molar-refractivity contribution < 1.29 is 22.8 Å². The SMILES string of the molecule is CNc1nnc(SCC(=O)NC(=O)NCC(F)(F)F)s1. The second-order valence-electron chi connectivity index (χ2n) is 3.26. The van der Waals surface area contributed by atoms with E-state index in [2.05, 4.69) is 15.5 Å². The lowest BCUT2D eigenvalue weighted by Crippen LogP contribution is -2.43. The molecule has 0 saturated heterocycles. The van der Waals surface area contributed by atoms with Gasteiger partial charge in [0.15, 0.2) is 4.34 Å². The van der Waals surface area contributed by atoms with Crippen LogP contribution < -0.4 is 16.0 Å². The highest BCUT2D eigenvalue weighted by Crippen LogP contribution is 2.24. The number of amides is 3. The van der Waals surface area contributed by atoms with Crippen LogP contribution in [0.4, 0.5) is 23.1 Å². The largest absolute Gasteiger partial charge is 0.405 e. The van der Waals surface area contributed by atoms with E-state index in [0.717, 1.165) is 11.8 Å². The van der Waals surface area contributed by atoms with Gasteiger partial charge in [-0.25, -0.2) is 4.79 Å². The molecule has 0 saturated carbocycles. The number of anilines is 1. The summed E-state index contributed by atoms with van der Waals surface area (Å²) in [5.41, 5.74) is 0. The molecular weight excluding hydrogens is 319 g/mol. The molecule has 1 aromatic heterocycles. The molecule has 12 heteroatoms. The zero-order chi connectivity index (χ0) is 15.2. The lowest BCUT2D eigenvalue weighted by atomic mass is 10.6. The molecule has 0 aliphatic carbocycles. The lowest BCUT2D eigenvalue weighted by Gasteiger charge is -2.08. The Kier molecular flexibility index (Phi) is 6.01. The standard InChI is InChI=1S/C8H10F3N5O2S2/c1-12-6-15-16-7(20-6)19-2-4(17)14-5(18)13-3-8(9,10)11/h2-3H2,1H3,(H,12,15)(H2,13,14,17,18). The first-order chi connectivity index (χ1) is 9.30. The van der Waals surface area contributed by atoms with E-state index in [1.807, 2.05) is 0 Å². The van der Waals surface area contributed by atoms with Gasteiger partial charge >= 0.3 is 12.2 Å². The third-order valence-corrected chi connectivity index (χ3v) is 3.72. The normalized spacial score (nSPS) is 11.0. The first-order valence-electron chi connectivity index (χ1n) is 5.08. The molecule has 7 nitrogen and oxygen atoms in total. The summed E-state index contributed by atoms with van der Waals surface area (Å²) in [5, 5.41) is 14.1. The molecule has 0 spiro atoms. The quantitative estimate of drug-likeness (QED) is 0.699. The Morgan fingerprint density at radius 3 is 2.60 bits per heavy atom. The molecule has 3 N–H and O–H groups in total. The number of carbonyl (C=O) groups excluding carboxylic acids is 2. The van der Waals surface area contributed by atoms with Crippen molar-refractivity contribution >= 4 is 40.2 Å². The minimum Gasteiger partial charge on any atom is -0.363 e. The van der Waals surface area contributed by atoms with Crippen LogP contribution in [0.3, 0.4) is 0 Å². The van der Waals surface area contributed by atoms with Crippen molar-refractivity contribution in [2.45, 2.75) is 10.5 Å². The van der Waals surface area contributed by atoms with Crippen LogP contribution in [0.2, 0.25) is 0 Å². The number of aromatic nitrogens is 2. The second kappa shape index (κ2) is 7.28. The minimum atomic E-state index is -4.52. The fourth-order valence-corrected chi connectivity index (χ4v) is 2.39. The van der Waals surface area contributed by atoms with Crippen LogP contribution in [-0.2, 0) is 4.79 Å². The molecule has 1 aromatic rings. The molecule has 0 unspecified atom stereocenters. The molecule has 0 atom stereocenters. The summed E-state index contributed by atoms with van der Waals surface area (Å²) in [4.78, 5) is 22.3. The predicted molar refractivity (Wildman–Crippen MR) is 67.8 cm³/mol. The second-order valence-corrected chi connectivity index (χ2v) is 5.46. The average molecular weight is 329 g/mol. The summed E-state index contributed by atoms with van der Waals surface area (Å²) in [6, 6.07) is -1.19. The molecule has 1 rings (SSSR count). The molecule has 3 amide bonds. The van der Waals surface area contributed by atoms with Crippen molar-refractivity contribution in [1.29, 1.82) is 0 Å². The third kappa shape index (κ3) is 6.56. The van der Waals surface area contributed by atoms with E-state index in [1.54, 1.807) is 12.4 Å². The number of nitrogens with one attached hydrogen (secondary N) is 3. The van der Waals surface area contributed by atoms with Gasteiger partial charge in [-0.05, 0) is 0 Å². The summed E-state index contributed by atoms with van der Waals surface area (Å²) in [5.74, 6) is -0.881. The van der Waals surface area contributed by atoms with Gasteiger partial charge in [-0.1, -0.05) is 23.1 Å². The zero-order valence-electron chi connectivity index (χ0n) is 10.1. The number of imide groups is 1. The van der Waals surface area contributed by atoms with Crippen molar-refractivity contribution in [3.8, 4) is 0 Å². The van der Waals surface area contributed by atoms with E-state index >= 15 is 0 Å². The van der Waals surface area contributed by atoms with E-state index in [1.165, 1.54) is 16.7 Å². The van der Waals surface area contributed by atoms with E-state index in [9.17, 15) is 22.8 Å². The maximum absolute atomic E-state index is 11.8. The third-order valence-electron chi connectivity index (χ3n) is 1.65. The number of hydrogen-bond acceptors (Lipinski definition) is 7. The van der Waals surface area contributed by atoms with E-state index in [-0.39, 0.29) is 5.75 Å². The predicted octanol–water partition coefficient (Wildman–Crippen LogP) is 1.06. The number of urea groups is 1. The Bertz CT molecular complexity index is 479. The van der Waals surface area contributed by atoms with Crippen molar-refractivity contribution in [3.05, 3.63) is 0 Å². The highest BCUT2D eigenvalue weighted by Gasteiger charge is 2.27. The topological polar surface area (TPSA) is 96.0 Å². The number of alkyl halides is 3. The van der Waals surface area contributed by atoms with Crippen LogP contribution in [0.5, 0.6) is 0 Å². The van der Waals surface area contributed by atoms with Gasteiger partial charge in [0, 0.05) is 7.05 Å². The van der Waals surface area contributed by atoms with Gasteiger partial charge in [-0.15, -0.1) is 10.2 Å². The van der Waals surface area contributed by atoms with Crippen LogP contribution >= 0.6 is 23.1 Å². The van der Waals surface area contributed by atoms with Gasteiger partial charge in [0.05, 0.1) is 5.75 Å². The maximum Gasteiger partial charge on any atom is 0.405 e. The van der Waals surface area contributed by atoms with Crippen LogP contribution in [0.15, 0.2) is 4.34 Å². The van der Waals surface area contributed by atoms with E-state index in [0.29, 0.717) is 9.47 Å². The number of nitrogens with zero attached hydrogens (tertiary/aromatic N) is 2. The molecular formula is C8H10F3N5O2S2. The molecule has 0 radical (unpaired) electrons. The Hall–Kier alpha value is -1.56. The highest BCUT2D eigenvalue weighted by molar-refractivity contribution is 8.01. The van der Waals surface area contributed by atoms with Gasteiger partial charge in [0.25, 0.3) is 0 Å². The molecule has 112 valence electrons. The van der Waals surface area contributed by atoms with Crippen molar-refractivity contribution in [3.63, 3.8) is 0 Å². The van der Waals surface area contributed by atoms with Crippen LogP contribution in [0, 0.1) is 0 Å². The van der Waals surface area contributed by atoms with Crippen LogP contribution in [0.1, 0.15) is 0 Å². The number of halogens is 3. The Balaban J connectivity index is 2.27. The number of thioether (sulfide) groups is 1. The van der Waals surface area contributed by atoms with Crippen LogP contribution in [-0.4, -0.2) is 47.7 Å². The Labute approximate surface area is 119 Å². The smallest absolute Gasteiger partial charge is 0.363 e. The fourth-order valence-electron chi connectivity index (χ4n) is 0.884. The minimum absolute atomic E-state index is 0.155. The van der Waals surface area contributed by atoms with Gasteiger partial charge in [-0.2, -0.15) is 13.2 Å². The molecule has 0 aromatic carbocycles. The number of rotatable bonds is 5. The first-order valence-corrected chi connectivity index (χ1v) is 6.89. The molecule has 20 heavy (non-hydrogen) atoms. The van der Waals surface area contributed by atoms with Crippen molar-refractivity contribution in [1.82, 2.24) is 20.8 Å². The van der Waals surface area contributed by atoms with E-state index < -0.39 is 24.7 Å². The highest BCUT2D eigenvalue weighted by atomic mass is 32.2. The fraction of sp³-hybridized carbons (Fsp3) is 0.500. The summed E-state index contributed by atoms with van der Waals surface area (Å²) in [7, 11) is 1.66. The van der Waals surface area contributed by atoms with Gasteiger partial charge < -0.3 is 10.6 Å². The number of carbonyl (C=O) groups is 2.